The molecule has 0 aliphatic carbocycles. The molecule has 2 rings (SSSR count). The fourth-order valence-electron chi connectivity index (χ4n) is 1.30. The summed E-state index contributed by atoms with van der Waals surface area (Å²) in [6.45, 7) is 0. The van der Waals surface area contributed by atoms with E-state index in [9.17, 15) is 5.11 Å². The van der Waals surface area contributed by atoms with Crippen molar-refractivity contribution < 1.29 is 5.11 Å². The summed E-state index contributed by atoms with van der Waals surface area (Å²) < 4.78 is 0. The van der Waals surface area contributed by atoms with Crippen LogP contribution in [-0.4, -0.2) is 15.1 Å². The van der Waals surface area contributed by atoms with Crippen LogP contribution in [0.5, 0.6) is 0 Å². The number of pyridine rings is 2. The lowest BCUT2D eigenvalue weighted by Crippen LogP contribution is -2.03. The molecule has 0 bridgehead atoms. The molecular weight excluding hydrogens is 212 g/mol. The van der Waals surface area contributed by atoms with Crippen LogP contribution in [0.4, 0.5) is 0 Å². The number of hydrogen-bond acceptors (Lipinski definition) is 3. The van der Waals surface area contributed by atoms with Gasteiger partial charge in [-0.25, -0.2) is 4.98 Å². The summed E-state index contributed by atoms with van der Waals surface area (Å²) in [6, 6.07) is 8.81. The van der Waals surface area contributed by atoms with Crippen molar-refractivity contribution in [2.45, 2.75) is 6.10 Å². The van der Waals surface area contributed by atoms with Gasteiger partial charge in [-0.2, -0.15) is 0 Å². The molecule has 1 atom stereocenters. The standard InChI is InChI=1S/C11H9ClN2O/c12-11-8(4-3-7-14-11)10(15)9-5-1-2-6-13-9/h1-7,10,15H. The van der Waals surface area contributed by atoms with E-state index < -0.39 is 6.10 Å². The second-order valence-electron chi connectivity index (χ2n) is 3.04. The van der Waals surface area contributed by atoms with E-state index in [1.165, 1.54) is 0 Å². The predicted molar refractivity (Wildman–Crippen MR) is 57.5 cm³/mol. The Bertz CT molecular complexity index is 447. The maximum absolute atomic E-state index is 9.99. The smallest absolute Gasteiger partial charge is 0.135 e. The number of hydrogen-bond donors (Lipinski definition) is 1. The Kier molecular flexibility index (Phi) is 2.94. The molecule has 0 saturated heterocycles. The van der Waals surface area contributed by atoms with E-state index in [0.29, 0.717) is 16.4 Å². The first-order valence-corrected chi connectivity index (χ1v) is 4.86. The van der Waals surface area contributed by atoms with Gasteiger partial charge in [0.1, 0.15) is 11.3 Å². The van der Waals surface area contributed by atoms with Gasteiger partial charge < -0.3 is 5.11 Å². The van der Waals surface area contributed by atoms with E-state index in [1.807, 2.05) is 6.07 Å². The summed E-state index contributed by atoms with van der Waals surface area (Å²) in [5.41, 5.74) is 1.13. The first-order chi connectivity index (χ1) is 7.29. The van der Waals surface area contributed by atoms with Crippen LogP contribution in [0.25, 0.3) is 0 Å². The minimum Gasteiger partial charge on any atom is -0.382 e. The lowest BCUT2D eigenvalue weighted by molar-refractivity contribution is 0.215. The van der Waals surface area contributed by atoms with Crippen LogP contribution < -0.4 is 0 Å². The van der Waals surface area contributed by atoms with Crippen molar-refractivity contribution in [3.8, 4) is 0 Å². The molecular formula is C11H9ClN2O. The number of halogens is 1. The Morgan fingerprint density at radius 3 is 2.53 bits per heavy atom. The summed E-state index contributed by atoms with van der Waals surface area (Å²) in [5, 5.41) is 10.3. The van der Waals surface area contributed by atoms with Crippen molar-refractivity contribution in [2.24, 2.45) is 0 Å². The van der Waals surface area contributed by atoms with Crippen LogP contribution >= 0.6 is 11.6 Å². The van der Waals surface area contributed by atoms with Crippen molar-refractivity contribution in [3.63, 3.8) is 0 Å². The molecule has 1 N–H and O–H groups in total. The first-order valence-electron chi connectivity index (χ1n) is 4.48. The second-order valence-corrected chi connectivity index (χ2v) is 3.40. The third kappa shape index (κ3) is 2.14. The number of nitrogens with zero attached hydrogens (tertiary/aromatic N) is 2. The Morgan fingerprint density at radius 2 is 1.87 bits per heavy atom. The van der Waals surface area contributed by atoms with E-state index in [-0.39, 0.29) is 0 Å². The molecule has 1 unspecified atom stereocenters. The summed E-state index contributed by atoms with van der Waals surface area (Å²) in [5.74, 6) is 0. The largest absolute Gasteiger partial charge is 0.382 e. The van der Waals surface area contributed by atoms with Crippen LogP contribution in [0.2, 0.25) is 5.15 Å². The van der Waals surface area contributed by atoms with E-state index in [2.05, 4.69) is 9.97 Å². The number of aliphatic hydroxyl groups is 1. The third-order valence-electron chi connectivity index (χ3n) is 2.05. The number of rotatable bonds is 2. The molecule has 0 fully saturated rings. The van der Waals surface area contributed by atoms with Gasteiger partial charge in [0.05, 0.1) is 5.69 Å². The number of aliphatic hydroxyl groups excluding tert-OH is 1. The normalized spacial score (nSPS) is 12.4. The monoisotopic (exact) mass is 220 g/mol. The fraction of sp³-hybridized carbons (Fsp3) is 0.0909. The van der Waals surface area contributed by atoms with Gasteiger partial charge in [0.2, 0.25) is 0 Å². The molecule has 0 aliphatic rings. The molecule has 4 heteroatoms. The van der Waals surface area contributed by atoms with Gasteiger partial charge in [-0.1, -0.05) is 23.7 Å². The molecule has 0 radical (unpaired) electrons. The van der Waals surface area contributed by atoms with Gasteiger partial charge in [-0.05, 0) is 18.2 Å². The van der Waals surface area contributed by atoms with Crippen LogP contribution in [0.15, 0.2) is 42.7 Å². The molecule has 0 amide bonds. The van der Waals surface area contributed by atoms with Gasteiger partial charge >= 0.3 is 0 Å². The molecule has 76 valence electrons. The summed E-state index contributed by atoms with van der Waals surface area (Å²) >= 11 is 5.87. The first kappa shape index (κ1) is 10.1. The SMILES string of the molecule is OC(c1ccccn1)c1cccnc1Cl. The lowest BCUT2D eigenvalue weighted by Gasteiger charge is -2.10. The Morgan fingerprint density at radius 1 is 1.07 bits per heavy atom. The maximum Gasteiger partial charge on any atom is 0.135 e. The van der Waals surface area contributed by atoms with Crippen LogP contribution in [0.3, 0.4) is 0 Å². The minimum atomic E-state index is -0.826. The highest BCUT2D eigenvalue weighted by atomic mass is 35.5. The van der Waals surface area contributed by atoms with Crippen molar-refractivity contribution in [3.05, 3.63) is 59.1 Å². The fourth-order valence-corrected chi connectivity index (χ4v) is 1.52. The molecule has 15 heavy (non-hydrogen) atoms. The van der Waals surface area contributed by atoms with Crippen molar-refractivity contribution in [1.82, 2.24) is 9.97 Å². The predicted octanol–water partition coefficient (Wildman–Crippen LogP) is 2.21. The van der Waals surface area contributed by atoms with Gasteiger partial charge in [-0.15, -0.1) is 0 Å². The molecule has 0 spiro atoms. The molecule has 0 saturated carbocycles. The molecule has 2 heterocycles. The Balaban J connectivity index is 2.37. The zero-order chi connectivity index (χ0) is 10.7. The van der Waals surface area contributed by atoms with E-state index in [4.69, 9.17) is 11.6 Å². The summed E-state index contributed by atoms with van der Waals surface area (Å²) in [6.07, 6.45) is 2.38. The Labute approximate surface area is 92.4 Å². The highest BCUT2D eigenvalue weighted by molar-refractivity contribution is 6.30. The zero-order valence-corrected chi connectivity index (χ0v) is 8.59. The van der Waals surface area contributed by atoms with E-state index >= 15 is 0 Å². The quantitative estimate of drug-likeness (QED) is 0.790. The topological polar surface area (TPSA) is 46.0 Å². The maximum atomic E-state index is 9.99. The average molecular weight is 221 g/mol. The number of aromatic nitrogens is 2. The van der Waals surface area contributed by atoms with Gasteiger partial charge in [0.15, 0.2) is 0 Å². The highest BCUT2D eigenvalue weighted by Gasteiger charge is 2.14. The summed E-state index contributed by atoms with van der Waals surface area (Å²) in [7, 11) is 0. The van der Waals surface area contributed by atoms with Gasteiger partial charge in [0, 0.05) is 18.0 Å². The zero-order valence-electron chi connectivity index (χ0n) is 7.84. The van der Waals surface area contributed by atoms with Crippen LogP contribution in [0, 0.1) is 0 Å². The molecule has 0 aliphatic heterocycles. The molecule has 0 aromatic carbocycles. The molecule has 2 aromatic heterocycles. The molecule has 2 aromatic rings. The molecule has 3 nitrogen and oxygen atoms in total. The van der Waals surface area contributed by atoms with Gasteiger partial charge in [0.25, 0.3) is 0 Å². The summed E-state index contributed by atoms with van der Waals surface area (Å²) in [4.78, 5) is 7.96. The van der Waals surface area contributed by atoms with Crippen molar-refractivity contribution in [2.75, 3.05) is 0 Å². The lowest BCUT2D eigenvalue weighted by atomic mass is 10.1. The van der Waals surface area contributed by atoms with Crippen molar-refractivity contribution >= 4 is 11.6 Å². The highest BCUT2D eigenvalue weighted by Crippen LogP contribution is 2.24. The average Bonchev–Trinajstić information content (AvgIpc) is 2.30. The van der Waals surface area contributed by atoms with E-state index in [1.54, 1.807) is 36.7 Å². The third-order valence-corrected chi connectivity index (χ3v) is 2.37. The van der Waals surface area contributed by atoms with E-state index in [0.717, 1.165) is 0 Å². The second kappa shape index (κ2) is 4.38. The Hall–Kier alpha value is -1.45. The minimum absolute atomic E-state index is 0.302. The van der Waals surface area contributed by atoms with Gasteiger partial charge in [-0.3, -0.25) is 4.98 Å². The van der Waals surface area contributed by atoms with Crippen molar-refractivity contribution in [1.29, 1.82) is 0 Å². The van der Waals surface area contributed by atoms with Crippen LogP contribution in [-0.2, 0) is 0 Å². The van der Waals surface area contributed by atoms with Crippen LogP contribution in [0.1, 0.15) is 17.4 Å².